The first-order valence-electron chi connectivity index (χ1n) is 13.6. The molecule has 6 nitrogen and oxygen atoms in total. The number of carbonyl (C=O) groups excluding carboxylic acids is 2. The molecule has 0 N–H and O–H groups in total. The quantitative estimate of drug-likeness (QED) is 0.244. The number of para-hydroxylation sites is 1. The molecular weight excluding hydrogens is 514 g/mol. The molecule has 206 valence electrons. The van der Waals surface area contributed by atoms with E-state index in [2.05, 4.69) is 4.90 Å². The van der Waals surface area contributed by atoms with Gasteiger partial charge >= 0.3 is 0 Å². The maximum atomic E-state index is 14.6. The van der Waals surface area contributed by atoms with Crippen LogP contribution >= 0.6 is 0 Å². The smallest absolute Gasteiger partial charge is 0.203 e. The number of carbonyl (C=O) groups is 2. The number of Topliss-reactive ketones (excluding diaryl/α,β-unsaturated/α-hetero) is 2. The Morgan fingerprint density at radius 3 is 1.76 bits per heavy atom. The van der Waals surface area contributed by atoms with Crippen molar-refractivity contribution in [3.63, 3.8) is 0 Å². The fourth-order valence-electron chi connectivity index (χ4n) is 6.65. The molecule has 2 aliphatic rings. The lowest BCUT2D eigenvalue weighted by atomic mass is 9.64. The van der Waals surface area contributed by atoms with E-state index in [9.17, 15) is 9.59 Å². The molecule has 4 aromatic rings. The van der Waals surface area contributed by atoms with Gasteiger partial charge in [-0.3, -0.25) is 9.59 Å². The number of fused-ring (bicyclic) bond motifs is 1. The highest BCUT2D eigenvalue weighted by atomic mass is 16.5. The van der Waals surface area contributed by atoms with Crippen molar-refractivity contribution in [2.75, 3.05) is 26.2 Å². The summed E-state index contributed by atoms with van der Waals surface area (Å²) in [6.45, 7) is 0. The summed E-state index contributed by atoms with van der Waals surface area (Å²) in [4.78, 5) is 31.2. The van der Waals surface area contributed by atoms with Crippen LogP contribution in [0.25, 0.3) is 0 Å². The number of rotatable bonds is 8. The Kier molecular flexibility index (Phi) is 6.83. The van der Waals surface area contributed by atoms with Crippen molar-refractivity contribution in [3.05, 3.63) is 132 Å². The summed E-state index contributed by atoms with van der Waals surface area (Å²) < 4.78 is 16.6. The molecule has 1 aliphatic carbocycles. The Balaban J connectivity index is 1.59. The number of anilines is 1. The van der Waals surface area contributed by atoms with Gasteiger partial charge in [0, 0.05) is 41.4 Å². The predicted molar refractivity (Wildman–Crippen MR) is 158 cm³/mol. The van der Waals surface area contributed by atoms with Crippen molar-refractivity contribution in [2.24, 2.45) is 5.92 Å². The van der Waals surface area contributed by atoms with Crippen molar-refractivity contribution in [1.82, 2.24) is 0 Å². The topological polar surface area (TPSA) is 65.1 Å². The number of hydrogen-bond acceptors (Lipinski definition) is 6. The van der Waals surface area contributed by atoms with Gasteiger partial charge in [0.1, 0.15) is 0 Å². The summed E-state index contributed by atoms with van der Waals surface area (Å²) >= 11 is 0. The molecule has 6 rings (SSSR count). The van der Waals surface area contributed by atoms with Gasteiger partial charge in [0.05, 0.1) is 26.7 Å². The first-order chi connectivity index (χ1) is 20.0. The molecule has 4 aromatic carbocycles. The van der Waals surface area contributed by atoms with E-state index in [1.54, 1.807) is 12.1 Å². The fraction of sp³-hybridized carbons (Fsp3) is 0.200. The number of nitrogens with zero attached hydrogens (tertiary/aromatic N) is 1. The van der Waals surface area contributed by atoms with Crippen LogP contribution in [-0.4, -0.2) is 38.9 Å². The summed E-state index contributed by atoms with van der Waals surface area (Å²) in [6.07, 6.45) is 2.23. The second-order valence-corrected chi connectivity index (χ2v) is 10.3. The summed E-state index contributed by atoms with van der Waals surface area (Å²) in [7, 11) is 4.58. The van der Waals surface area contributed by atoms with Gasteiger partial charge in [-0.1, -0.05) is 78.9 Å². The summed E-state index contributed by atoms with van der Waals surface area (Å²) in [6, 6.07) is 32.7. The van der Waals surface area contributed by atoms with E-state index in [0.717, 1.165) is 16.8 Å². The van der Waals surface area contributed by atoms with E-state index >= 15 is 0 Å². The van der Waals surface area contributed by atoms with Crippen LogP contribution in [0.2, 0.25) is 0 Å². The van der Waals surface area contributed by atoms with Gasteiger partial charge in [-0.25, -0.2) is 0 Å². The average molecular weight is 546 g/mol. The second-order valence-electron chi connectivity index (χ2n) is 10.3. The van der Waals surface area contributed by atoms with Crippen LogP contribution in [0.15, 0.2) is 115 Å². The van der Waals surface area contributed by atoms with Gasteiger partial charge < -0.3 is 19.1 Å². The standard InChI is InChI=1S/C35H31NO5/c1-39-29-19-23(20-30(40-2)34(29)41-3)33(38)27-22-36(26-17-11-6-12-18-26)28-21-31(37)35(32(27)28,24-13-7-4-8-14-24)25-15-9-5-10-16-25/h4-20,22,28,32H,21H2,1-3H3. The zero-order valence-electron chi connectivity index (χ0n) is 23.2. The maximum absolute atomic E-state index is 14.6. The SMILES string of the molecule is COc1cc(C(=O)C2=CN(c3ccccc3)C3CC(=O)C(c4ccccc4)(c4ccccc4)C23)cc(OC)c1OC. The molecule has 0 saturated heterocycles. The summed E-state index contributed by atoms with van der Waals surface area (Å²) in [5, 5.41) is 0. The number of benzene rings is 4. The third-order valence-electron chi connectivity index (χ3n) is 8.36. The minimum atomic E-state index is -1.04. The molecule has 1 aliphatic heterocycles. The third kappa shape index (κ3) is 4.10. The Bertz CT molecular complexity index is 1550. The fourth-order valence-corrected chi connectivity index (χ4v) is 6.65. The normalized spacial score (nSPS) is 19.0. The van der Waals surface area contributed by atoms with Crippen molar-refractivity contribution >= 4 is 17.3 Å². The minimum absolute atomic E-state index is 0.0918. The molecule has 1 heterocycles. The van der Waals surface area contributed by atoms with Crippen LogP contribution < -0.4 is 19.1 Å². The Morgan fingerprint density at radius 2 is 1.27 bits per heavy atom. The molecular formula is C35H31NO5. The van der Waals surface area contributed by atoms with Crippen molar-refractivity contribution in [2.45, 2.75) is 17.9 Å². The first-order valence-corrected chi connectivity index (χ1v) is 13.6. The van der Waals surface area contributed by atoms with Gasteiger partial charge in [-0.05, 0) is 35.4 Å². The zero-order chi connectivity index (χ0) is 28.6. The van der Waals surface area contributed by atoms with Gasteiger partial charge in [-0.15, -0.1) is 0 Å². The largest absolute Gasteiger partial charge is 0.493 e. The van der Waals surface area contributed by atoms with Crippen LogP contribution in [-0.2, 0) is 10.2 Å². The lowest BCUT2D eigenvalue weighted by molar-refractivity contribution is -0.121. The molecule has 0 radical (unpaired) electrons. The highest BCUT2D eigenvalue weighted by Crippen LogP contribution is 2.56. The number of hydrogen-bond donors (Lipinski definition) is 0. The van der Waals surface area contributed by atoms with E-state index < -0.39 is 11.3 Å². The average Bonchev–Trinajstić information content (AvgIpc) is 3.55. The molecule has 1 saturated carbocycles. The molecule has 0 aromatic heterocycles. The van der Waals surface area contributed by atoms with Crippen molar-refractivity contribution < 1.29 is 23.8 Å². The Labute approximate surface area is 239 Å². The predicted octanol–water partition coefficient (Wildman–Crippen LogP) is 6.24. The van der Waals surface area contributed by atoms with Crippen LogP contribution in [0, 0.1) is 5.92 Å². The van der Waals surface area contributed by atoms with Crippen LogP contribution in [0.1, 0.15) is 27.9 Å². The van der Waals surface area contributed by atoms with Gasteiger partial charge in [0.25, 0.3) is 0 Å². The van der Waals surface area contributed by atoms with Gasteiger partial charge in [0.15, 0.2) is 23.1 Å². The molecule has 0 spiro atoms. The lowest BCUT2D eigenvalue weighted by Gasteiger charge is -2.36. The zero-order valence-corrected chi connectivity index (χ0v) is 23.2. The summed E-state index contributed by atoms with van der Waals surface area (Å²) in [5.41, 5.74) is 2.60. The highest BCUT2D eigenvalue weighted by molar-refractivity contribution is 6.13. The van der Waals surface area contributed by atoms with Crippen LogP contribution in [0.4, 0.5) is 5.69 Å². The molecule has 6 heteroatoms. The number of ketones is 2. The Morgan fingerprint density at radius 1 is 0.756 bits per heavy atom. The summed E-state index contributed by atoms with van der Waals surface area (Å²) in [5.74, 6) is 0.661. The van der Waals surface area contributed by atoms with E-state index in [1.807, 2.05) is 97.2 Å². The van der Waals surface area contributed by atoms with Crippen LogP contribution in [0.3, 0.4) is 0 Å². The first kappa shape index (κ1) is 26.4. The molecule has 2 atom stereocenters. The molecule has 0 bridgehead atoms. The van der Waals surface area contributed by atoms with E-state index in [4.69, 9.17) is 14.2 Å². The van der Waals surface area contributed by atoms with E-state index in [0.29, 0.717) is 34.8 Å². The molecule has 41 heavy (non-hydrogen) atoms. The third-order valence-corrected chi connectivity index (χ3v) is 8.36. The monoisotopic (exact) mass is 545 g/mol. The lowest BCUT2D eigenvalue weighted by Crippen LogP contribution is -2.42. The molecule has 1 fully saturated rings. The van der Waals surface area contributed by atoms with Gasteiger partial charge in [-0.2, -0.15) is 0 Å². The maximum Gasteiger partial charge on any atom is 0.203 e. The minimum Gasteiger partial charge on any atom is -0.493 e. The van der Waals surface area contributed by atoms with E-state index in [1.165, 1.54) is 21.3 Å². The molecule has 0 amide bonds. The van der Waals surface area contributed by atoms with Gasteiger partial charge in [0.2, 0.25) is 5.75 Å². The van der Waals surface area contributed by atoms with Crippen molar-refractivity contribution in [3.8, 4) is 17.2 Å². The molecule has 2 unspecified atom stereocenters. The van der Waals surface area contributed by atoms with Crippen LogP contribution in [0.5, 0.6) is 17.2 Å². The van der Waals surface area contributed by atoms with E-state index in [-0.39, 0.29) is 17.6 Å². The van der Waals surface area contributed by atoms with Crippen molar-refractivity contribution in [1.29, 1.82) is 0 Å². The Hall–Kier alpha value is -4.84. The highest BCUT2D eigenvalue weighted by Gasteiger charge is 2.62. The number of ether oxygens (including phenoxy) is 3. The second kappa shape index (κ2) is 10.6. The number of methoxy groups -OCH3 is 3.